The van der Waals surface area contributed by atoms with Gasteiger partial charge in [-0.05, 0) is 12.1 Å². The van der Waals surface area contributed by atoms with E-state index >= 15 is 0 Å². The Balaban J connectivity index is 2.52. The standard InChI is InChI=1S/C48H16F64N6O6/c49-11(50)25(65,66)33(81,82)41(97,98)45(105,106)37(89,90)29(73,74)21(57,58)5-119-15-113-16(120-6-22(59,60)30(75,76)38(91,92)46(107,108)42(99,100)34(83,84)26(67,68)12(51)52)116-19(115-15)123-9-3-1-2-4-10(9)124-20-117-17(121-7-23(61,62)31(77,78)39(93,94)47(109,110)43(101,102)35(85,86)27(69,70)13(53)54)114-18(118-20)122-8-24(63,64)32(79,80)40(95,96)48(111,112)44(103,104)36(87,88)28(71,72)14(55)56/h1-4,11-14H,5-8H2. The van der Waals surface area contributed by atoms with Crippen LogP contribution >= 0.6 is 0 Å². The summed E-state index contributed by atoms with van der Waals surface area (Å²) in [7, 11) is 0. The molecule has 0 saturated heterocycles. The fraction of sp³-hybridized carbons (Fsp3) is 0.750. The fourth-order valence-corrected chi connectivity index (χ4v) is 7.46. The SMILES string of the molecule is FC(F)C(F)(F)C(F)(F)C(F)(F)C(F)(F)C(F)(F)C(F)(F)C(F)(F)COc1nc(OCC(F)(F)C(F)(F)C(F)(F)C(F)(F)C(F)(F)C(F)(F)C(F)(F)C(F)F)nc(Oc2ccccc2Oc2nc(OCC(F)(F)C(F)(F)C(F)(F)C(F)(F)C(F)(F)C(F)(F)C(F)(F)C(F)F)nc(OCC(F)(F)C(F)(F)C(F)(F)C(F)(F)C(F)(F)C(F)(F)C(F)(F)C(F)F)n2)n1. The topological polar surface area (TPSA) is 133 Å². The minimum absolute atomic E-state index is 0.0553. The van der Waals surface area contributed by atoms with Crippen LogP contribution in [0, 0.1) is 0 Å². The zero-order chi connectivity index (χ0) is 99.1. The summed E-state index contributed by atoms with van der Waals surface area (Å²) in [6, 6.07) is -19.5. The highest BCUT2D eigenvalue weighted by molar-refractivity contribution is 5.43. The van der Waals surface area contributed by atoms with Crippen LogP contribution in [0.25, 0.3) is 0 Å². The van der Waals surface area contributed by atoms with Crippen molar-refractivity contribution < 1.29 is 309 Å². The molecule has 124 heavy (non-hydrogen) atoms. The Morgan fingerprint density at radius 3 is 0.435 bits per heavy atom. The second kappa shape index (κ2) is 31.8. The maximum atomic E-state index is 15.0. The molecule has 0 fully saturated rings. The van der Waals surface area contributed by atoms with Gasteiger partial charge in [-0.2, -0.15) is 246 Å². The first-order valence-corrected chi connectivity index (χ1v) is 28.2. The molecule has 0 bridgehead atoms. The minimum atomic E-state index is -9.39. The lowest BCUT2D eigenvalue weighted by atomic mass is 9.89. The Hall–Kier alpha value is -8.44. The largest absolute Gasteiger partial charge is 0.457 e. The van der Waals surface area contributed by atoms with Crippen LogP contribution in [0.1, 0.15) is 0 Å². The van der Waals surface area contributed by atoms with Crippen molar-refractivity contribution >= 4 is 0 Å². The van der Waals surface area contributed by atoms with Crippen molar-refractivity contribution in [3.8, 4) is 47.6 Å². The zero-order valence-electron chi connectivity index (χ0n) is 54.8. The number of ether oxygens (including phenoxy) is 6. The van der Waals surface area contributed by atoms with Gasteiger partial charge in [-0.1, -0.05) is 12.1 Å². The summed E-state index contributed by atoms with van der Waals surface area (Å²) in [5, 5.41) is 0. The number of para-hydroxylation sites is 2. The number of aromatic nitrogens is 6. The third-order valence-electron chi connectivity index (χ3n) is 14.8. The van der Waals surface area contributed by atoms with E-state index in [1.54, 1.807) is 0 Å². The predicted molar refractivity (Wildman–Crippen MR) is 251 cm³/mol. The summed E-state index contributed by atoms with van der Waals surface area (Å²) < 4.78 is 922. The Bertz CT molecular complexity index is 3710. The number of rotatable bonds is 44. The normalized spacial score (nSPS) is 15.8. The van der Waals surface area contributed by atoms with E-state index in [1.807, 2.05) is 9.97 Å². The molecule has 2 heterocycles. The highest BCUT2D eigenvalue weighted by Gasteiger charge is 2.99. The predicted octanol–water partition coefficient (Wildman–Crippen LogP) is 22.0. The van der Waals surface area contributed by atoms with Crippen LogP contribution < -0.4 is 28.4 Å². The third-order valence-corrected chi connectivity index (χ3v) is 14.8. The molecule has 0 atom stereocenters. The first-order chi connectivity index (χ1) is 54.0. The summed E-state index contributed by atoms with van der Waals surface area (Å²) in [6.45, 7) is -18.1. The number of hydrogen-bond acceptors (Lipinski definition) is 12. The van der Waals surface area contributed by atoms with E-state index in [1.165, 1.54) is 0 Å². The molecule has 0 aliphatic carbocycles. The van der Waals surface area contributed by atoms with E-state index in [-0.39, 0.29) is 24.3 Å². The maximum absolute atomic E-state index is 15.0. The molecule has 0 aliphatic rings. The van der Waals surface area contributed by atoms with Gasteiger partial charge in [0.25, 0.3) is 0 Å². The van der Waals surface area contributed by atoms with Crippen molar-refractivity contribution in [1.29, 1.82) is 0 Å². The molecule has 0 unspecified atom stereocenters. The second-order valence-electron chi connectivity index (χ2n) is 23.2. The zero-order valence-corrected chi connectivity index (χ0v) is 54.8. The molecule has 76 heteroatoms. The van der Waals surface area contributed by atoms with Gasteiger partial charge in [0.15, 0.2) is 37.9 Å². The monoisotopic (exact) mass is 1990 g/mol. The molecule has 12 nitrogen and oxygen atoms in total. The molecule has 0 radical (unpaired) electrons. The van der Waals surface area contributed by atoms with Gasteiger partial charge in [0, 0.05) is 0 Å². The van der Waals surface area contributed by atoms with Gasteiger partial charge < -0.3 is 28.4 Å². The van der Waals surface area contributed by atoms with E-state index < -0.39 is 266 Å². The molecule has 0 amide bonds. The number of alkyl halides is 64. The van der Waals surface area contributed by atoms with Crippen LogP contribution in [0.15, 0.2) is 24.3 Å². The van der Waals surface area contributed by atoms with Crippen molar-refractivity contribution in [1.82, 2.24) is 29.9 Å². The number of hydrogen-bond donors (Lipinski definition) is 0. The number of halogens is 64. The van der Waals surface area contributed by atoms with Crippen molar-refractivity contribution in [3.63, 3.8) is 0 Å². The second-order valence-corrected chi connectivity index (χ2v) is 23.2. The van der Waals surface area contributed by atoms with Crippen LogP contribution in [0.2, 0.25) is 0 Å². The van der Waals surface area contributed by atoms with E-state index in [4.69, 9.17) is 0 Å². The molecule has 3 rings (SSSR count). The first kappa shape index (κ1) is 110. The summed E-state index contributed by atoms with van der Waals surface area (Å²) in [5.74, 6) is -252. The molecule has 0 spiro atoms. The molecule has 0 N–H and O–H groups in total. The van der Waals surface area contributed by atoms with Gasteiger partial charge in [-0.3, -0.25) is 0 Å². The molecule has 2 aromatic heterocycles. The summed E-state index contributed by atoms with van der Waals surface area (Å²) in [6.07, 6.45) is -26.0. The van der Waals surface area contributed by atoms with E-state index in [0.717, 1.165) is 0 Å². The van der Waals surface area contributed by atoms with E-state index in [2.05, 4.69) is 48.4 Å². The lowest BCUT2D eigenvalue weighted by Crippen LogP contribution is -2.74. The molecule has 722 valence electrons. The quantitative estimate of drug-likeness (QED) is 0.0499. The number of benzene rings is 1. The Labute approximate surface area is 629 Å². The highest BCUT2D eigenvalue weighted by atomic mass is 19.4. The van der Waals surface area contributed by atoms with Crippen LogP contribution in [0.3, 0.4) is 0 Å². The van der Waals surface area contributed by atoms with Crippen molar-refractivity contribution in [3.05, 3.63) is 24.3 Å². The van der Waals surface area contributed by atoms with Gasteiger partial charge in [-0.25, -0.2) is 35.1 Å². The summed E-state index contributed by atoms with van der Waals surface area (Å²) >= 11 is 0. The molecule has 0 aliphatic heterocycles. The van der Waals surface area contributed by atoms with Crippen LogP contribution in [0.4, 0.5) is 281 Å². The average Bonchev–Trinajstić information content (AvgIpc) is 0.711. The van der Waals surface area contributed by atoms with Crippen molar-refractivity contribution in [2.24, 2.45) is 0 Å². The smallest absolute Gasteiger partial charge is 0.385 e. The Morgan fingerprint density at radius 1 is 0.177 bits per heavy atom. The highest BCUT2D eigenvalue weighted by Crippen LogP contribution is 2.69. The maximum Gasteiger partial charge on any atom is 0.385 e. The van der Waals surface area contributed by atoms with Crippen molar-refractivity contribution in [2.75, 3.05) is 26.4 Å². The van der Waals surface area contributed by atoms with Gasteiger partial charge in [0.1, 0.15) is 0 Å². The fourth-order valence-electron chi connectivity index (χ4n) is 7.46. The van der Waals surface area contributed by atoms with Gasteiger partial charge in [-0.15, -0.1) is 29.9 Å². The average molecular weight is 1990 g/mol. The summed E-state index contributed by atoms with van der Waals surface area (Å²) in [4.78, 5) is 12.7. The Morgan fingerprint density at radius 2 is 0.298 bits per heavy atom. The Kier molecular flexibility index (Phi) is 28.1. The molecule has 0 saturated carbocycles. The molecule has 1 aromatic carbocycles. The van der Waals surface area contributed by atoms with Gasteiger partial charge in [0.05, 0.1) is 0 Å². The van der Waals surface area contributed by atoms with Gasteiger partial charge in [0.2, 0.25) is 0 Å². The van der Waals surface area contributed by atoms with Gasteiger partial charge >= 0.3 is 228 Å². The lowest BCUT2D eigenvalue weighted by molar-refractivity contribution is -0.447. The number of nitrogens with zero attached hydrogens (tertiary/aromatic N) is 6. The lowest BCUT2D eigenvalue weighted by Gasteiger charge is -2.42. The van der Waals surface area contributed by atoms with E-state index in [9.17, 15) is 281 Å². The molecular formula is C48H16F64N6O6. The van der Waals surface area contributed by atoms with Crippen LogP contribution in [-0.2, 0) is 0 Å². The van der Waals surface area contributed by atoms with E-state index in [0.29, 0.717) is 0 Å². The molecular weight excluding hydrogens is 1970 g/mol. The van der Waals surface area contributed by atoms with Crippen LogP contribution in [0.5, 0.6) is 47.6 Å². The minimum Gasteiger partial charge on any atom is -0.457 e. The third kappa shape index (κ3) is 16.1. The first-order valence-electron chi connectivity index (χ1n) is 28.2. The van der Waals surface area contributed by atoms with Crippen LogP contribution in [-0.4, -0.2) is 248 Å². The summed E-state index contributed by atoms with van der Waals surface area (Å²) in [5.41, 5.74) is 0. The molecule has 3 aromatic rings. The van der Waals surface area contributed by atoms with Crippen molar-refractivity contribution in [2.45, 2.75) is 192 Å².